The van der Waals surface area contributed by atoms with Gasteiger partial charge in [-0.15, -0.1) is 0 Å². The Labute approximate surface area is 105 Å². The van der Waals surface area contributed by atoms with Gasteiger partial charge in [0, 0.05) is 16.1 Å². The van der Waals surface area contributed by atoms with Gasteiger partial charge in [0.15, 0.2) is 0 Å². The predicted octanol–water partition coefficient (Wildman–Crippen LogP) is 3.51. The van der Waals surface area contributed by atoms with Gasteiger partial charge >= 0.3 is 0 Å². The Hall–Kier alpha value is -0.830. The number of carbonyl (C=O) groups is 1. The Morgan fingerprint density at radius 3 is 2.69 bits per heavy atom. The lowest BCUT2D eigenvalue weighted by atomic mass is 9.95. The first-order valence-electron chi connectivity index (χ1n) is 5.82. The molecule has 0 atom stereocenters. The minimum absolute atomic E-state index is 0.0493. The number of nitrogens with one attached hydrogen (secondary N) is 1. The third-order valence-corrected chi connectivity index (χ3v) is 3.52. The minimum atomic E-state index is 0.0493. The number of benzene rings is 1. The highest BCUT2D eigenvalue weighted by Gasteiger charge is 2.16. The topological polar surface area (TPSA) is 29.1 Å². The van der Waals surface area contributed by atoms with Crippen LogP contribution in [0.15, 0.2) is 28.7 Å². The maximum atomic E-state index is 11.9. The molecule has 0 heterocycles. The first kappa shape index (κ1) is 11.6. The molecule has 2 rings (SSSR count). The molecule has 86 valence electrons. The van der Waals surface area contributed by atoms with E-state index in [2.05, 4.69) is 21.2 Å². The van der Waals surface area contributed by atoms with E-state index in [0.29, 0.717) is 6.04 Å². The van der Waals surface area contributed by atoms with Crippen LogP contribution < -0.4 is 5.32 Å². The minimum Gasteiger partial charge on any atom is -0.349 e. The summed E-state index contributed by atoms with van der Waals surface area (Å²) in [5.41, 5.74) is 0.736. The van der Waals surface area contributed by atoms with Gasteiger partial charge < -0.3 is 5.32 Å². The van der Waals surface area contributed by atoms with Gasteiger partial charge in [0.25, 0.3) is 5.91 Å². The second kappa shape index (κ2) is 5.48. The van der Waals surface area contributed by atoms with Crippen molar-refractivity contribution in [1.29, 1.82) is 0 Å². The summed E-state index contributed by atoms with van der Waals surface area (Å²) in [5, 5.41) is 3.10. The maximum Gasteiger partial charge on any atom is 0.251 e. The molecule has 0 aliphatic heterocycles. The highest BCUT2D eigenvalue weighted by atomic mass is 79.9. The number of halogens is 1. The molecule has 0 unspecified atom stereocenters. The van der Waals surface area contributed by atoms with E-state index < -0.39 is 0 Å². The van der Waals surface area contributed by atoms with Crippen LogP contribution in [-0.4, -0.2) is 11.9 Å². The molecule has 1 aromatic rings. The quantitative estimate of drug-likeness (QED) is 0.883. The molecule has 0 spiro atoms. The van der Waals surface area contributed by atoms with Gasteiger partial charge in [-0.2, -0.15) is 0 Å². The van der Waals surface area contributed by atoms with Crippen molar-refractivity contribution >= 4 is 21.8 Å². The van der Waals surface area contributed by atoms with Gasteiger partial charge in [-0.25, -0.2) is 0 Å². The molecular weight excluding hydrogens is 266 g/mol. The Balaban J connectivity index is 1.97. The van der Waals surface area contributed by atoms with Crippen molar-refractivity contribution in [3.8, 4) is 0 Å². The summed E-state index contributed by atoms with van der Waals surface area (Å²) in [5.74, 6) is 0.0493. The summed E-state index contributed by atoms with van der Waals surface area (Å²) >= 11 is 3.38. The van der Waals surface area contributed by atoms with Crippen LogP contribution in [0.4, 0.5) is 0 Å². The van der Waals surface area contributed by atoms with Crippen LogP contribution in [0.1, 0.15) is 42.5 Å². The van der Waals surface area contributed by atoms with E-state index in [4.69, 9.17) is 0 Å². The van der Waals surface area contributed by atoms with E-state index in [-0.39, 0.29) is 5.91 Å². The van der Waals surface area contributed by atoms with Crippen molar-refractivity contribution in [1.82, 2.24) is 5.32 Å². The van der Waals surface area contributed by atoms with Crippen LogP contribution in [0.5, 0.6) is 0 Å². The van der Waals surface area contributed by atoms with Gasteiger partial charge in [0.1, 0.15) is 0 Å². The zero-order valence-electron chi connectivity index (χ0n) is 9.21. The van der Waals surface area contributed by atoms with Crippen LogP contribution in [0.25, 0.3) is 0 Å². The molecule has 1 fully saturated rings. The molecule has 0 aromatic heterocycles. The van der Waals surface area contributed by atoms with Crippen molar-refractivity contribution in [2.45, 2.75) is 38.1 Å². The Morgan fingerprint density at radius 1 is 1.25 bits per heavy atom. The number of hydrogen-bond acceptors (Lipinski definition) is 1. The van der Waals surface area contributed by atoms with Crippen molar-refractivity contribution in [3.63, 3.8) is 0 Å². The van der Waals surface area contributed by atoms with E-state index >= 15 is 0 Å². The van der Waals surface area contributed by atoms with Crippen LogP contribution in [0, 0.1) is 0 Å². The molecule has 1 aliphatic carbocycles. The number of rotatable bonds is 2. The Bertz CT molecular complexity index is 372. The van der Waals surface area contributed by atoms with Crippen LogP contribution >= 0.6 is 15.9 Å². The van der Waals surface area contributed by atoms with E-state index in [1.54, 1.807) is 0 Å². The molecule has 3 heteroatoms. The van der Waals surface area contributed by atoms with Gasteiger partial charge in [-0.1, -0.05) is 41.3 Å². The molecule has 1 aromatic carbocycles. The second-order valence-corrected chi connectivity index (χ2v) is 5.23. The standard InChI is InChI=1S/C13H16BrNO/c14-11-6-4-5-10(9-11)13(16)15-12-7-2-1-3-8-12/h4-6,9,12H,1-3,7-8H2,(H,15,16). The maximum absolute atomic E-state index is 11.9. The average Bonchev–Trinajstić information content (AvgIpc) is 2.30. The zero-order chi connectivity index (χ0) is 11.4. The SMILES string of the molecule is O=C(NC1CCCCC1)c1cccc(Br)c1. The molecule has 1 N–H and O–H groups in total. The predicted molar refractivity (Wildman–Crippen MR) is 68.5 cm³/mol. The summed E-state index contributed by atoms with van der Waals surface area (Å²) in [7, 11) is 0. The fraction of sp³-hybridized carbons (Fsp3) is 0.462. The second-order valence-electron chi connectivity index (χ2n) is 4.32. The number of amides is 1. The first-order valence-corrected chi connectivity index (χ1v) is 6.61. The van der Waals surface area contributed by atoms with E-state index in [9.17, 15) is 4.79 Å². The van der Waals surface area contributed by atoms with Crippen molar-refractivity contribution < 1.29 is 4.79 Å². The molecule has 1 amide bonds. The molecule has 1 aliphatic rings. The smallest absolute Gasteiger partial charge is 0.251 e. The number of carbonyl (C=O) groups excluding carboxylic acids is 1. The first-order chi connectivity index (χ1) is 7.75. The number of hydrogen-bond donors (Lipinski definition) is 1. The van der Waals surface area contributed by atoms with Gasteiger partial charge in [-0.05, 0) is 31.0 Å². The van der Waals surface area contributed by atoms with E-state index in [1.807, 2.05) is 24.3 Å². The van der Waals surface area contributed by atoms with E-state index in [1.165, 1.54) is 19.3 Å². The molecule has 0 radical (unpaired) electrons. The largest absolute Gasteiger partial charge is 0.349 e. The molecular formula is C13H16BrNO. The Morgan fingerprint density at radius 2 is 2.00 bits per heavy atom. The lowest BCUT2D eigenvalue weighted by Gasteiger charge is -2.22. The molecule has 0 saturated heterocycles. The van der Waals surface area contributed by atoms with Gasteiger partial charge in [-0.3, -0.25) is 4.79 Å². The Kier molecular flexibility index (Phi) is 3.99. The van der Waals surface area contributed by atoms with Crippen LogP contribution in [0.2, 0.25) is 0 Å². The highest BCUT2D eigenvalue weighted by Crippen LogP contribution is 2.18. The average molecular weight is 282 g/mol. The summed E-state index contributed by atoms with van der Waals surface area (Å²) in [4.78, 5) is 11.9. The lowest BCUT2D eigenvalue weighted by Crippen LogP contribution is -2.36. The zero-order valence-corrected chi connectivity index (χ0v) is 10.8. The summed E-state index contributed by atoms with van der Waals surface area (Å²) in [6, 6.07) is 7.90. The third kappa shape index (κ3) is 3.08. The molecule has 1 saturated carbocycles. The normalized spacial score (nSPS) is 17.1. The summed E-state index contributed by atoms with van der Waals surface area (Å²) < 4.78 is 0.948. The van der Waals surface area contributed by atoms with E-state index in [0.717, 1.165) is 22.9 Å². The van der Waals surface area contributed by atoms with Gasteiger partial charge in [0.05, 0.1) is 0 Å². The monoisotopic (exact) mass is 281 g/mol. The van der Waals surface area contributed by atoms with Gasteiger partial charge in [0.2, 0.25) is 0 Å². The van der Waals surface area contributed by atoms with Crippen LogP contribution in [0.3, 0.4) is 0 Å². The summed E-state index contributed by atoms with van der Waals surface area (Å²) in [6.45, 7) is 0. The molecule has 2 nitrogen and oxygen atoms in total. The van der Waals surface area contributed by atoms with Crippen molar-refractivity contribution in [3.05, 3.63) is 34.3 Å². The summed E-state index contributed by atoms with van der Waals surface area (Å²) in [6.07, 6.45) is 6.04. The highest BCUT2D eigenvalue weighted by molar-refractivity contribution is 9.10. The van der Waals surface area contributed by atoms with Crippen LogP contribution in [-0.2, 0) is 0 Å². The lowest BCUT2D eigenvalue weighted by molar-refractivity contribution is 0.0927. The fourth-order valence-electron chi connectivity index (χ4n) is 2.15. The van der Waals surface area contributed by atoms with Crippen molar-refractivity contribution in [2.75, 3.05) is 0 Å². The fourth-order valence-corrected chi connectivity index (χ4v) is 2.54. The molecule has 16 heavy (non-hydrogen) atoms. The van der Waals surface area contributed by atoms with Crippen molar-refractivity contribution in [2.24, 2.45) is 0 Å². The third-order valence-electron chi connectivity index (χ3n) is 3.03. The molecule has 0 bridgehead atoms.